The van der Waals surface area contributed by atoms with E-state index in [1.165, 1.54) is 6.07 Å². The van der Waals surface area contributed by atoms with Crippen LogP contribution in [0.15, 0.2) is 6.07 Å². The highest BCUT2D eigenvalue weighted by Crippen LogP contribution is 2.29. The fourth-order valence-electron chi connectivity index (χ4n) is 1.82. The van der Waals surface area contributed by atoms with Gasteiger partial charge in [-0.15, -0.1) is 0 Å². The first-order chi connectivity index (χ1) is 9.03. The number of anilines is 2. The summed E-state index contributed by atoms with van der Waals surface area (Å²) in [7, 11) is 1.73. The molecule has 1 aromatic rings. The van der Waals surface area contributed by atoms with E-state index < -0.39 is 12.0 Å². The first kappa shape index (κ1) is 16.5. The molecular formula is C13H21F3N4. The van der Waals surface area contributed by atoms with Gasteiger partial charge in [-0.3, -0.25) is 0 Å². The molecule has 0 spiro atoms. The summed E-state index contributed by atoms with van der Waals surface area (Å²) in [5.41, 5.74) is -0.0452. The molecule has 0 fully saturated rings. The van der Waals surface area contributed by atoms with Gasteiger partial charge in [0.15, 0.2) is 0 Å². The van der Waals surface area contributed by atoms with Gasteiger partial charge in [-0.1, -0.05) is 20.8 Å². The Hall–Kier alpha value is -1.53. The molecule has 0 unspecified atom stereocenters. The number of rotatable bonds is 4. The van der Waals surface area contributed by atoms with Crippen LogP contribution in [0.4, 0.5) is 24.8 Å². The van der Waals surface area contributed by atoms with Crippen molar-refractivity contribution in [2.75, 3.05) is 30.4 Å². The predicted octanol–water partition coefficient (Wildman–Crippen LogP) is 3.41. The highest BCUT2D eigenvalue weighted by molar-refractivity contribution is 5.49. The first-order valence-electron chi connectivity index (χ1n) is 6.44. The maximum Gasteiger partial charge on any atom is 0.451 e. The molecule has 7 heteroatoms. The molecule has 1 heterocycles. The highest BCUT2D eigenvalue weighted by atomic mass is 19.4. The molecule has 0 aliphatic carbocycles. The van der Waals surface area contributed by atoms with Crippen LogP contribution in [-0.2, 0) is 6.18 Å². The summed E-state index contributed by atoms with van der Waals surface area (Å²) >= 11 is 0. The summed E-state index contributed by atoms with van der Waals surface area (Å²) in [5.74, 6) is -0.671. The van der Waals surface area contributed by atoms with Crippen molar-refractivity contribution in [3.63, 3.8) is 0 Å². The average Bonchev–Trinajstić information content (AvgIpc) is 2.25. The minimum Gasteiger partial charge on any atom is -0.370 e. The zero-order valence-corrected chi connectivity index (χ0v) is 12.5. The van der Waals surface area contributed by atoms with Gasteiger partial charge in [0.1, 0.15) is 11.6 Å². The zero-order chi connectivity index (χ0) is 15.6. The zero-order valence-electron chi connectivity index (χ0n) is 12.5. The Bertz CT molecular complexity index is 452. The van der Waals surface area contributed by atoms with E-state index in [0.717, 1.165) is 0 Å². The van der Waals surface area contributed by atoms with E-state index in [-0.39, 0.29) is 17.1 Å². The van der Waals surface area contributed by atoms with Gasteiger partial charge in [0.25, 0.3) is 0 Å². The lowest BCUT2D eigenvalue weighted by atomic mass is 9.96. The van der Waals surface area contributed by atoms with E-state index in [4.69, 9.17) is 0 Å². The fraction of sp³-hybridized carbons (Fsp3) is 0.692. The van der Waals surface area contributed by atoms with E-state index in [2.05, 4.69) is 15.3 Å². The molecule has 1 N–H and O–H groups in total. The van der Waals surface area contributed by atoms with Gasteiger partial charge in [-0.25, -0.2) is 9.97 Å². The van der Waals surface area contributed by atoms with Crippen molar-refractivity contribution in [1.82, 2.24) is 9.97 Å². The van der Waals surface area contributed by atoms with Gasteiger partial charge >= 0.3 is 6.18 Å². The summed E-state index contributed by atoms with van der Waals surface area (Å²) in [6, 6.07) is 1.53. The highest BCUT2D eigenvalue weighted by Gasteiger charge is 2.35. The number of nitrogens with one attached hydrogen (secondary N) is 1. The Morgan fingerprint density at radius 1 is 1.20 bits per heavy atom. The molecule has 0 saturated carbocycles. The minimum absolute atomic E-state index is 0.0452. The van der Waals surface area contributed by atoms with Gasteiger partial charge in [0, 0.05) is 26.2 Å². The Morgan fingerprint density at radius 2 is 1.80 bits per heavy atom. The van der Waals surface area contributed by atoms with Crippen LogP contribution in [0.25, 0.3) is 0 Å². The molecule has 4 nitrogen and oxygen atoms in total. The molecule has 0 aromatic carbocycles. The van der Waals surface area contributed by atoms with Crippen molar-refractivity contribution in [2.45, 2.75) is 33.9 Å². The van der Waals surface area contributed by atoms with Gasteiger partial charge in [0.2, 0.25) is 5.82 Å². The lowest BCUT2D eigenvalue weighted by molar-refractivity contribution is -0.144. The van der Waals surface area contributed by atoms with Crippen LogP contribution >= 0.6 is 0 Å². The minimum atomic E-state index is -4.55. The Balaban J connectivity index is 3.15. The Morgan fingerprint density at radius 3 is 2.25 bits per heavy atom. The van der Waals surface area contributed by atoms with Crippen molar-refractivity contribution in [2.24, 2.45) is 5.41 Å². The number of nitrogens with zero attached hydrogens (tertiary/aromatic N) is 3. The van der Waals surface area contributed by atoms with Crippen LogP contribution in [0.1, 0.15) is 33.5 Å². The smallest absolute Gasteiger partial charge is 0.370 e. The number of aromatic nitrogens is 2. The molecule has 0 amide bonds. The standard InChI is InChI=1S/C13H21F3N4/c1-6-17-9-7-10(20(5)8-12(2,3)4)19-11(18-9)13(14,15)16/h7H,6,8H2,1-5H3,(H,17,18,19). The van der Waals surface area contributed by atoms with Crippen molar-refractivity contribution >= 4 is 11.6 Å². The largest absolute Gasteiger partial charge is 0.451 e. The molecule has 0 bridgehead atoms. The van der Waals surface area contributed by atoms with Crippen molar-refractivity contribution in [3.05, 3.63) is 11.9 Å². The molecule has 1 rings (SSSR count). The third-order valence-electron chi connectivity index (χ3n) is 2.43. The molecule has 20 heavy (non-hydrogen) atoms. The topological polar surface area (TPSA) is 41.0 Å². The molecule has 0 atom stereocenters. The van der Waals surface area contributed by atoms with Crippen LogP contribution in [0, 0.1) is 5.41 Å². The van der Waals surface area contributed by atoms with Gasteiger partial charge < -0.3 is 10.2 Å². The van der Waals surface area contributed by atoms with E-state index in [1.807, 2.05) is 20.8 Å². The summed E-state index contributed by atoms with van der Waals surface area (Å²) in [6.07, 6.45) is -4.55. The summed E-state index contributed by atoms with van der Waals surface area (Å²) in [6.45, 7) is 8.93. The second-order valence-corrected chi connectivity index (χ2v) is 5.88. The Labute approximate surface area is 117 Å². The quantitative estimate of drug-likeness (QED) is 0.922. The van der Waals surface area contributed by atoms with Crippen molar-refractivity contribution in [1.29, 1.82) is 0 Å². The molecule has 114 valence electrons. The second-order valence-electron chi connectivity index (χ2n) is 5.88. The SMILES string of the molecule is CCNc1cc(N(C)CC(C)(C)C)nc(C(F)(F)F)n1. The molecule has 1 aromatic heterocycles. The van der Waals surface area contributed by atoms with Crippen LogP contribution in [0.5, 0.6) is 0 Å². The van der Waals surface area contributed by atoms with Gasteiger partial charge in [-0.2, -0.15) is 13.2 Å². The summed E-state index contributed by atoms with van der Waals surface area (Å²) in [5, 5.41) is 2.80. The van der Waals surface area contributed by atoms with E-state index >= 15 is 0 Å². The van der Waals surface area contributed by atoms with Crippen LogP contribution in [0.2, 0.25) is 0 Å². The molecule has 0 aliphatic heterocycles. The fourth-order valence-corrected chi connectivity index (χ4v) is 1.82. The number of hydrogen-bond donors (Lipinski definition) is 1. The molecule has 0 aliphatic rings. The molecule has 0 saturated heterocycles. The van der Waals surface area contributed by atoms with E-state index in [9.17, 15) is 13.2 Å². The third kappa shape index (κ3) is 4.86. The van der Waals surface area contributed by atoms with Gasteiger partial charge in [-0.05, 0) is 12.3 Å². The number of halogens is 3. The monoisotopic (exact) mass is 290 g/mol. The van der Waals surface area contributed by atoms with Gasteiger partial charge in [0.05, 0.1) is 0 Å². The lowest BCUT2D eigenvalue weighted by Gasteiger charge is -2.28. The normalized spacial score (nSPS) is 12.4. The van der Waals surface area contributed by atoms with Crippen molar-refractivity contribution < 1.29 is 13.2 Å². The Kier molecular flexibility index (Phi) is 4.83. The average molecular weight is 290 g/mol. The third-order valence-corrected chi connectivity index (χ3v) is 2.43. The molecular weight excluding hydrogens is 269 g/mol. The predicted molar refractivity (Wildman–Crippen MR) is 73.9 cm³/mol. The van der Waals surface area contributed by atoms with E-state index in [1.54, 1.807) is 18.9 Å². The number of hydrogen-bond acceptors (Lipinski definition) is 4. The maximum atomic E-state index is 12.8. The lowest BCUT2D eigenvalue weighted by Crippen LogP contribution is -2.30. The summed E-state index contributed by atoms with van der Waals surface area (Å²) < 4.78 is 38.5. The van der Waals surface area contributed by atoms with E-state index in [0.29, 0.717) is 13.1 Å². The molecule has 0 radical (unpaired) electrons. The van der Waals surface area contributed by atoms with Crippen LogP contribution < -0.4 is 10.2 Å². The summed E-state index contributed by atoms with van der Waals surface area (Å²) in [4.78, 5) is 8.83. The van der Waals surface area contributed by atoms with Crippen molar-refractivity contribution in [3.8, 4) is 0 Å². The first-order valence-corrected chi connectivity index (χ1v) is 6.44. The van der Waals surface area contributed by atoms with Crippen LogP contribution in [-0.4, -0.2) is 30.1 Å². The van der Waals surface area contributed by atoms with Crippen LogP contribution in [0.3, 0.4) is 0 Å². The number of alkyl halides is 3. The maximum absolute atomic E-state index is 12.8. The second kappa shape index (κ2) is 5.85.